The minimum absolute atomic E-state index is 0.0537. The lowest BCUT2D eigenvalue weighted by atomic mass is 9.97. The molecule has 0 aliphatic carbocycles. The van der Waals surface area contributed by atoms with Gasteiger partial charge in [-0.3, -0.25) is 9.48 Å². The highest BCUT2D eigenvalue weighted by Crippen LogP contribution is 2.25. The van der Waals surface area contributed by atoms with Crippen LogP contribution in [0.15, 0.2) is 18.5 Å². The maximum absolute atomic E-state index is 12.5. The number of piperidine rings is 1. The third-order valence-electron chi connectivity index (χ3n) is 3.86. The smallest absolute Gasteiger partial charge is 0.272 e. The number of aryl methyl sites for hydroxylation is 2. The number of hydrogen-bond acceptors (Lipinski definition) is 3. The second-order valence-electron chi connectivity index (χ2n) is 5.38. The van der Waals surface area contributed by atoms with Gasteiger partial charge in [-0.2, -0.15) is 5.10 Å². The van der Waals surface area contributed by atoms with Crippen LogP contribution in [-0.2, 0) is 7.05 Å². The molecule has 0 radical (unpaired) electrons. The topological polar surface area (TPSA) is 66.8 Å². The van der Waals surface area contributed by atoms with E-state index in [1.807, 2.05) is 18.0 Å². The maximum Gasteiger partial charge on any atom is 0.272 e. The molecule has 1 unspecified atom stereocenters. The van der Waals surface area contributed by atoms with Crippen LogP contribution < -0.4 is 0 Å². The zero-order chi connectivity index (χ0) is 14.1. The van der Waals surface area contributed by atoms with Crippen LogP contribution >= 0.6 is 0 Å². The van der Waals surface area contributed by atoms with Gasteiger partial charge in [-0.05, 0) is 25.8 Å². The van der Waals surface area contributed by atoms with Crippen molar-refractivity contribution < 1.29 is 4.79 Å². The summed E-state index contributed by atoms with van der Waals surface area (Å²) in [4.78, 5) is 22.1. The summed E-state index contributed by atoms with van der Waals surface area (Å²) >= 11 is 0. The Balaban J connectivity index is 1.75. The molecule has 2 aromatic rings. The molecular formula is C14H19N5O. The fourth-order valence-corrected chi connectivity index (χ4v) is 2.77. The largest absolute Gasteiger partial charge is 0.346 e. The zero-order valence-electron chi connectivity index (χ0n) is 11.8. The molecule has 1 amide bonds. The summed E-state index contributed by atoms with van der Waals surface area (Å²) < 4.78 is 1.63. The molecule has 1 aliphatic rings. The van der Waals surface area contributed by atoms with Crippen LogP contribution in [0.3, 0.4) is 0 Å². The summed E-state index contributed by atoms with van der Waals surface area (Å²) in [6, 6.07) is 1.77. The number of rotatable bonds is 2. The number of carbonyl (C=O) groups excluding carboxylic acids is 1. The van der Waals surface area contributed by atoms with Crippen molar-refractivity contribution in [2.24, 2.45) is 7.05 Å². The van der Waals surface area contributed by atoms with Gasteiger partial charge in [0.05, 0.1) is 0 Å². The quantitative estimate of drug-likeness (QED) is 0.901. The van der Waals surface area contributed by atoms with E-state index in [0.29, 0.717) is 11.6 Å². The molecule has 6 nitrogen and oxygen atoms in total. The number of carbonyl (C=O) groups is 1. The van der Waals surface area contributed by atoms with Crippen LogP contribution in [0, 0.1) is 6.92 Å². The van der Waals surface area contributed by atoms with Crippen molar-refractivity contribution in [1.29, 1.82) is 0 Å². The Bertz CT molecular complexity index is 615. The first-order valence-corrected chi connectivity index (χ1v) is 6.94. The molecule has 1 atom stereocenters. The third-order valence-corrected chi connectivity index (χ3v) is 3.86. The highest BCUT2D eigenvalue weighted by Gasteiger charge is 2.28. The van der Waals surface area contributed by atoms with Crippen molar-refractivity contribution in [1.82, 2.24) is 24.6 Å². The van der Waals surface area contributed by atoms with E-state index in [4.69, 9.17) is 0 Å². The number of amides is 1. The predicted octanol–water partition coefficient (Wildman–Crippen LogP) is 1.47. The molecule has 1 fully saturated rings. The van der Waals surface area contributed by atoms with Crippen LogP contribution in [0.5, 0.6) is 0 Å². The van der Waals surface area contributed by atoms with Crippen LogP contribution in [0.2, 0.25) is 0 Å². The van der Waals surface area contributed by atoms with Crippen LogP contribution in [-0.4, -0.2) is 43.6 Å². The van der Waals surface area contributed by atoms with E-state index in [9.17, 15) is 4.79 Å². The molecule has 1 aliphatic heterocycles. The number of imidazole rings is 1. The van der Waals surface area contributed by atoms with E-state index in [1.165, 1.54) is 0 Å². The monoisotopic (exact) mass is 273 g/mol. The Morgan fingerprint density at radius 3 is 3.00 bits per heavy atom. The summed E-state index contributed by atoms with van der Waals surface area (Å²) in [5, 5.41) is 4.06. The Kier molecular flexibility index (Phi) is 3.30. The van der Waals surface area contributed by atoms with Crippen LogP contribution in [0.4, 0.5) is 0 Å². The number of aromatic nitrogens is 4. The van der Waals surface area contributed by atoms with E-state index in [-0.39, 0.29) is 5.91 Å². The Hall–Kier alpha value is -2.11. The Morgan fingerprint density at radius 1 is 1.50 bits per heavy atom. The van der Waals surface area contributed by atoms with E-state index >= 15 is 0 Å². The normalized spacial score (nSPS) is 19.3. The molecule has 2 aromatic heterocycles. The van der Waals surface area contributed by atoms with Crippen molar-refractivity contribution in [3.8, 4) is 0 Å². The fourth-order valence-electron chi connectivity index (χ4n) is 2.77. The van der Waals surface area contributed by atoms with Crippen LogP contribution in [0.1, 0.15) is 40.8 Å². The standard InChI is InChI=1S/C14H19N5O/c1-10-8-15-13(17-10)11-4-3-7-19(9-11)14(20)12-5-6-16-18(12)2/h5-6,8,11H,3-4,7,9H2,1-2H3,(H,15,17). The fraction of sp³-hybridized carbons (Fsp3) is 0.500. The van der Waals surface area contributed by atoms with Gasteiger partial charge in [-0.15, -0.1) is 0 Å². The molecular weight excluding hydrogens is 254 g/mol. The highest BCUT2D eigenvalue weighted by atomic mass is 16.2. The van der Waals surface area contributed by atoms with E-state index < -0.39 is 0 Å². The first-order chi connectivity index (χ1) is 9.65. The number of nitrogens with one attached hydrogen (secondary N) is 1. The number of aromatic amines is 1. The van der Waals surface area contributed by atoms with Gasteiger partial charge in [-0.1, -0.05) is 0 Å². The van der Waals surface area contributed by atoms with Gasteiger partial charge in [0.25, 0.3) is 5.91 Å². The molecule has 0 saturated carbocycles. The molecule has 106 valence electrons. The molecule has 3 rings (SSSR count). The number of nitrogens with zero attached hydrogens (tertiary/aromatic N) is 4. The summed E-state index contributed by atoms with van der Waals surface area (Å²) in [6.07, 6.45) is 5.58. The molecule has 0 bridgehead atoms. The van der Waals surface area contributed by atoms with Gasteiger partial charge in [0.2, 0.25) is 0 Å². The molecule has 0 spiro atoms. The molecule has 3 heterocycles. The second-order valence-corrected chi connectivity index (χ2v) is 5.38. The lowest BCUT2D eigenvalue weighted by Crippen LogP contribution is -2.40. The minimum atomic E-state index is 0.0537. The zero-order valence-corrected chi connectivity index (χ0v) is 11.8. The SMILES string of the molecule is Cc1cnc(C2CCCN(C(=O)c3ccnn3C)C2)[nH]1. The lowest BCUT2D eigenvalue weighted by Gasteiger charge is -2.31. The predicted molar refractivity (Wildman–Crippen MR) is 74.4 cm³/mol. The van der Waals surface area contributed by atoms with Gasteiger partial charge in [0.1, 0.15) is 11.5 Å². The van der Waals surface area contributed by atoms with Crippen molar-refractivity contribution >= 4 is 5.91 Å². The number of hydrogen-bond donors (Lipinski definition) is 1. The van der Waals surface area contributed by atoms with Gasteiger partial charge in [-0.25, -0.2) is 4.98 Å². The minimum Gasteiger partial charge on any atom is -0.346 e. The average molecular weight is 273 g/mol. The number of likely N-dealkylation sites (tertiary alicyclic amines) is 1. The maximum atomic E-state index is 12.5. The van der Waals surface area contributed by atoms with Crippen molar-refractivity contribution in [3.05, 3.63) is 35.7 Å². The van der Waals surface area contributed by atoms with Crippen molar-refractivity contribution in [3.63, 3.8) is 0 Å². The third kappa shape index (κ3) is 2.33. The molecule has 0 aromatic carbocycles. The summed E-state index contributed by atoms with van der Waals surface area (Å²) in [7, 11) is 1.80. The van der Waals surface area contributed by atoms with Gasteiger partial charge in [0, 0.05) is 44.1 Å². The molecule has 20 heavy (non-hydrogen) atoms. The van der Waals surface area contributed by atoms with Crippen LogP contribution in [0.25, 0.3) is 0 Å². The molecule has 1 N–H and O–H groups in total. The Labute approximate surface area is 117 Å². The summed E-state index contributed by atoms with van der Waals surface area (Å²) in [5.74, 6) is 1.35. The molecule has 1 saturated heterocycles. The van der Waals surface area contributed by atoms with Crippen molar-refractivity contribution in [2.45, 2.75) is 25.7 Å². The Morgan fingerprint density at radius 2 is 2.35 bits per heavy atom. The van der Waals surface area contributed by atoms with Gasteiger partial charge < -0.3 is 9.88 Å². The summed E-state index contributed by atoms with van der Waals surface area (Å²) in [6.45, 7) is 3.52. The first-order valence-electron chi connectivity index (χ1n) is 6.94. The average Bonchev–Trinajstić information content (AvgIpc) is 3.07. The van der Waals surface area contributed by atoms with E-state index in [1.54, 1.807) is 24.0 Å². The van der Waals surface area contributed by atoms with Gasteiger partial charge in [0.15, 0.2) is 0 Å². The lowest BCUT2D eigenvalue weighted by molar-refractivity contribution is 0.0693. The van der Waals surface area contributed by atoms with Crippen molar-refractivity contribution in [2.75, 3.05) is 13.1 Å². The van der Waals surface area contributed by atoms with Gasteiger partial charge >= 0.3 is 0 Å². The second kappa shape index (κ2) is 5.11. The number of H-pyrrole nitrogens is 1. The van der Waals surface area contributed by atoms with E-state index in [2.05, 4.69) is 15.1 Å². The molecule has 6 heteroatoms. The summed E-state index contributed by atoms with van der Waals surface area (Å²) in [5.41, 5.74) is 1.70. The van der Waals surface area contributed by atoms with E-state index in [0.717, 1.165) is 37.4 Å². The first kappa shape index (κ1) is 12.9. The highest BCUT2D eigenvalue weighted by molar-refractivity contribution is 5.92.